The van der Waals surface area contributed by atoms with Crippen LogP contribution in [0.15, 0.2) is 54.3 Å². The van der Waals surface area contributed by atoms with Crippen molar-refractivity contribution >= 4 is 22.4 Å². The van der Waals surface area contributed by atoms with E-state index in [-0.39, 0.29) is 17.5 Å². The number of nitrogens with one attached hydrogen (secondary N) is 1. The Balaban J connectivity index is 1.72. The van der Waals surface area contributed by atoms with Crippen LogP contribution in [-0.2, 0) is 4.79 Å². The molecule has 1 heterocycles. The van der Waals surface area contributed by atoms with Crippen LogP contribution in [0.2, 0.25) is 0 Å². The van der Waals surface area contributed by atoms with Crippen LogP contribution in [0.5, 0.6) is 0 Å². The molecule has 4 nitrogen and oxygen atoms in total. The van der Waals surface area contributed by atoms with Crippen LogP contribution in [0.25, 0.3) is 16.6 Å². The number of carbonyl (C=O) groups excluding carboxylic acids is 1. The number of carbonyl (C=O) groups is 1. The number of para-hydroxylation sites is 2. The summed E-state index contributed by atoms with van der Waals surface area (Å²) in [4.78, 5) is 20.3. The number of ketones is 1. The Bertz CT molecular complexity index is 935. The van der Waals surface area contributed by atoms with Crippen LogP contribution in [-0.4, -0.2) is 20.9 Å². The maximum absolute atomic E-state index is 12.7. The van der Waals surface area contributed by atoms with Gasteiger partial charge in [0.1, 0.15) is 11.6 Å². The number of rotatable bonds is 2. The Morgan fingerprint density at radius 3 is 2.71 bits per heavy atom. The fraction of sp³-hybridized carbons (Fsp3) is 0.200. The van der Waals surface area contributed by atoms with Crippen molar-refractivity contribution in [3.8, 4) is 0 Å². The normalized spacial score (nSPS) is 18.4. The van der Waals surface area contributed by atoms with Crippen molar-refractivity contribution in [2.24, 2.45) is 0 Å². The highest BCUT2D eigenvalue weighted by Crippen LogP contribution is 2.37. The van der Waals surface area contributed by atoms with E-state index < -0.39 is 0 Å². The molecule has 120 valence electrons. The molecule has 0 spiro atoms. The van der Waals surface area contributed by atoms with Gasteiger partial charge in [0, 0.05) is 12.8 Å². The lowest BCUT2D eigenvalue weighted by molar-refractivity contribution is -0.114. The fourth-order valence-electron chi connectivity index (χ4n) is 3.39. The summed E-state index contributed by atoms with van der Waals surface area (Å²) in [5.41, 5.74) is 4.24. The minimum absolute atomic E-state index is 0.0190. The predicted octanol–water partition coefficient (Wildman–Crippen LogP) is 4.29. The van der Waals surface area contributed by atoms with Crippen molar-refractivity contribution in [2.75, 3.05) is 0 Å². The van der Waals surface area contributed by atoms with Crippen molar-refractivity contribution in [3.63, 3.8) is 0 Å². The smallest absolute Gasteiger partial charge is 0.170 e. The van der Waals surface area contributed by atoms with Crippen molar-refractivity contribution in [1.82, 2.24) is 9.97 Å². The Hall–Kier alpha value is -2.88. The number of fused-ring (bicyclic) bond motifs is 1. The number of aryl methyl sites for hydroxylation is 1. The maximum atomic E-state index is 12.7. The minimum Gasteiger partial charge on any atom is -0.511 e. The summed E-state index contributed by atoms with van der Waals surface area (Å²) in [5.74, 6) is 0.535. The standard InChI is InChI=1S/C20H18N2O2/c1-12-5-4-6-13(9-12)14-10-17(23)19(18(24)11-14)20-21-15-7-2-3-8-16(15)22-20/h2-9,14,23H,10-11H2,1H3,(H,21,22). The van der Waals surface area contributed by atoms with Gasteiger partial charge in [0.15, 0.2) is 5.78 Å². The summed E-state index contributed by atoms with van der Waals surface area (Å²) in [6.45, 7) is 2.03. The van der Waals surface area contributed by atoms with Gasteiger partial charge in [-0.15, -0.1) is 0 Å². The van der Waals surface area contributed by atoms with Gasteiger partial charge in [-0.3, -0.25) is 4.79 Å². The van der Waals surface area contributed by atoms with Crippen molar-refractivity contribution in [3.05, 3.63) is 71.2 Å². The molecular formula is C20H18N2O2. The molecule has 2 N–H and O–H groups in total. The molecule has 1 unspecified atom stereocenters. The van der Waals surface area contributed by atoms with E-state index in [1.54, 1.807) is 0 Å². The molecule has 0 bridgehead atoms. The van der Waals surface area contributed by atoms with Crippen LogP contribution in [0.3, 0.4) is 0 Å². The lowest BCUT2D eigenvalue weighted by Crippen LogP contribution is -2.18. The third-order valence-electron chi connectivity index (χ3n) is 4.58. The number of aromatic nitrogens is 2. The molecule has 1 aromatic heterocycles. The molecule has 4 rings (SSSR count). The molecule has 1 aliphatic rings. The van der Waals surface area contributed by atoms with Gasteiger partial charge in [-0.05, 0) is 30.5 Å². The summed E-state index contributed by atoms with van der Waals surface area (Å²) in [6, 6.07) is 15.7. The minimum atomic E-state index is -0.0655. The SMILES string of the molecule is Cc1cccc(C2CC(=O)C(c3nc4ccccc4[nH]3)=C(O)C2)c1. The molecule has 1 aliphatic carbocycles. The predicted molar refractivity (Wildman–Crippen MR) is 93.8 cm³/mol. The average Bonchev–Trinajstić information content (AvgIpc) is 2.97. The molecule has 4 heteroatoms. The number of Topliss-reactive ketones (excluding diaryl/α,β-unsaturated/α-hetero) is 1. The van der Waals surface area contributed by atoms with Crippen molar-refractivity contribution < 1.29 is 9.90 Å². The van der Waals surface area contributed by atoms with Crippen molar-refractivity contribution in [1.29, 1.82) is 0 Å². The monoisotopic (exact) mass is 318 g/mol. The highest BCUT2D eigenvalue weighted by atomic mass is 16.3. The van der Waals surface area contributed by atoms with Crippen LogP contribution in [0, 0.1) is 6.92 Å². The van der Waals surface area contributed by atoms with E-state index in [9.17, 15) is 9.90 Å². The highest BCUT2D eigenvalue weighted by molar-refractivity contribution is 6.21. The first kappa shape index (κ1) is 14.7. The second-order valence-electron chi connectivity index (χ2n) is 6.37. The zero-order valence-corrected chi connectivity index (χ0v) is 13.4. The highest BCUT2D eigenvalue weighted by Gasteiger charge is 2.31. The number of aliphatic hydroxyl groups excluding tert-OH is 1. The first-order chi connectivity index (χ1) is 11.6. The second kappa shape index (κ2) is 5.64. The van der Waals surface area contributed by atoms with E-state index in [0.29, 0.717) is 24.2 Å². The third kappa shape index (κ3) is 2.50. The number of allylic oxidation sites excluding steroid dienone is 2. The maximum Gasteiger partial charge on any atom is 0.170 e. The van der Waals surface area contributed by atoms with E-state index in [0.717, 1.165) is 22.2 Å². The van der Waals surface area contributed by atoms with Crippen LogP contribution >= 0.6 is 0 Å². The van der Waals surface area contributed by atoms with Crippen LogP contribution in [0.4, 0.5) is 0 Å². The number of benzene rings is 2. The summed E-state index contributed by atoms with van der Waals surface area (Å²) in [7, 11) is 0. The summed E-state index contributed by atoms with van der Waals surface area (Å²) < 4.78 is 0. The lowest BCUT2D eigenvalue weighted by Gasteiger charge is -2.23. The summed E-state index contributed by atoms with van der Waals surface area (Å²) in [6.07, 6.45) is 0.849. The number of nitrogens with zero attached hydrogens (tertiary/aromatic N) is 1. The molecule has 0 amide bonds. The molecule has 0 aliphatic heterocycles. The Morgan fingerprint density at radius 2 is 1.96 bits per heavy atom. The Labute approximate surface area is 139 Å². The van der Waals surface area contributed by atoms with Gasteiger partial charge in [-0.2, -0.15) is 0 Å². The number of hydrogen-bond donors (Lipinski definition) is 2. The van der Waals surface area contributed by atoms with Gasteiger partial charge in [-0.25, -0.2) is 4.98 Å². The average molecular weight is 318 g/mol. The molecule has 3 aromatic rings. The fourth-order valence-corrected chi connectivity index (χ4v) is 3.39. The van der Waals surface area contributed by atoms with Gasteiger partial charge in [0.05, 0.1) is 16.6 Å². The molecule has 0 saturated heterocycles. The van der Waals surface area contributed by atoms with Gasteiger partial charge >= 0.3 is 0 Å². The van der Waals surface area contributed by atoms with E-state index in [4.69, 9.17) is 0 Å². The number of aromatic amines is 1. The molecule has 2 aromatic carbocycles. The van der Waals surface area contributed by atoms with Gasteiger partial charge in [-0.1, -0.05) is 42.0 Å². The Kier molecular flexibility index (Phi) is 3.45. The van der Waals surface area contributed by atoms with Gasteiger partial charge in [0.2, 0.25) is 0 Å². The Morgan fingerprint density at radius 1 is 1.12 bits per heavy atom. The number of hydrogen-bond acceptors (Lipinski definition) is 3. The molecule has 0 radical (unpaired) electrons. The molecule has 0 saturated carbocycles. The van der Waals surface area contributed by atoms with Gasteiger partial charge in [0.25, 0.3) is 0 Å². The first-order valence-corrected chi connectivity index (χ1v) is 8.09. The quantitative estimate of drug-likeness (QED) is 0.741. The van der Waals surface area contributed by atoms with Crippen LogP contribution in [0.1, 0.15) is 35.7 Å². The largest absolute Gasteiger partial charge is 0.511 e. The lowest BCUT2D eigenvalue weighted by atomic mass is 9.82. The van der Waals surface area contributed by atoms with Crippen molar-refractivity contribution in [2.45, 2.75) is 25.7 Å². The first-order valence-electron chi connectivity index (χ1n) is 8.09. The van der Waals surface area contributed by atoms with E-state index in [1.807, 2.05) is 49.4 Å². The number of aliphatic hydroxyl groups is 1. The zero-order valence-electron chi connectivity index (χ0n) is 13.4. The summed E-state index contributed by atoms with van der Waals surface area (Å²) in [5, 5.41) is 10.5. The topological polar surface area (TPSA) is 66.0 Å². The third-order valence-corrected chi connectivity index (χ3v) is 4.58. The molecular weight excluding hydrogens is 300 g/mol. The zero-order chi connectivity index (χ0) is 16.7. The van der Waals surface area contributed by atoms with E-state index in [1.165, 1.54) is 0 Å². The van der Waals surface area contributed by atoms with Gasteiger partial charge < -0.3 is 10.1 Å². The molecule has 24 heavy (non-hydrogen) atoms. The van der Waals surface area contributed by atoms with E-state index >= 15 is 0 Å². The van der Waals surface area contributed by atoms with Crippen LogP contribution < -0.4 is 0 Å². The number of imidazole rings is 1. The molecule has 0 fully saturated rings. The second-order valence-corrected chi connectivity index (χ2v) is 6.37. The number of H-pyrrole nitrogens is 1. The molecule has 1 atom stereocenters. The summed E-state index contributed by atoms with van der Waals surface area (Å²) >= 11 is 0. The van der Waals surface area contributed by atoms with E-state index in [2.05, 4.69) is 16.0 Å².